The molecule has 12 heteroatoms. The van der Waals surface area contributed by atoms with Gasteiger partial charge in [0.1, 0.15) is 23.7 Å². The summed E-state index contributed by atoms with van der Waals surface area (Å²) in [6.45, 7) is 24.9. The zero-order valence-corrected chi connectivity index (χ0v) is 51.9. The average Bonchev–Trinajstić information content (AvgIpc) is 3.82. The van der Waals surface area contributed by atoms with Gasteiger partial charge in [0.25, 0.3) is 0 Å². The Morgan fingerprint density at radius 2 is 1.48 bits per heavy atom. The maximum Gasteiger partial charge on any atom is 0.318 e. The van der Waals surface area contributed by atoms with Crippen LogP contribution in [0.3, 0.4) is 0 Å². The second kappa shape index (κ2) is 27.0. The van der Waals surface area contributed by atoms with Crippen LogP contribution in [0.5, 0.6) is 5.88 Å². The van der Waals surface area contributed by atoms with Crippen molar-refractivity contribution in [2.45, 2.75) is 234 Å². The molecule has 4 saturated carbocycles. The lowest BCUT2D eigenvalue weighted by Gasteiger charge is -2.72. The highest BCUT2D eigenvalue weighted by Crippen LogP contribution is 2.76. The summed E-state index contributed by atoms with van der Waals surface area (Å²) in [7, 11) is -2.90. The summed E-state index contributed by atoms with van der Waals surface area (Å²) in [6, 6.07) is 5.54. The lowest BCUT2D eigenvalue weighted by Crippen LogP contribution is -2.68. The fraction of sp³-hybridized carbons (Fsp3) is 0.794. The van der Waals surface area contributed by atoms with E-state index < -0.39 is 28.0 Å². The molecule has 1 aromatic heterocycles. The van der Waals surface area contributed by atoms with Gasteiger partial charge in [-0.1, -0.05) is 156 Å². The van der Waals surface area contributed by atoms with Crippen molar-refractivity contribution < 1.29 is 32.2 Å². The Balaban J connectivity index is 0.878. The van der Waals surface area contributed by atoms with Gasteiger partial charge in [0.05, 0.1) is 11.5 Å². The zero-order valence-electron chi connectivity index (χ0n) is 51.0. The first-order valence-corrected chi connectivity index (χ1v) is 34.1. The van der Waals surface area contributed by atoms with E-state index in [-0.39, 0.29) is 57.2 Å². The third kappa shape index (κ3) is 13.5. The summed E-state index contributed by atoms with van der Waals surface area (Å²) in [5.74, 6) is 2.78. The van der Waals surface area contributed by atoms with Crippen molar-refractivity contribution in [3.05, 3.63) is 59.3 Å². The number of carbonyl (C=O) groups excluding carboxylic acids is 2. The molecule has 1 saturated heterocycles. The molecule has 1 aromatic rings. The number of rotatable bonds is 28. The fourth-order valence-corrected chi connectivity index (χ4v) is 19.6. The van der Waals surface area contributed by atoms with Crippen molar-refractivity contribution in [3.8, 4) is 11.9 Å². The normalized spacial score (nSPS) is 33.4. The van der Waals surface area contributed by atoms with Gasteiger partial charge in [-0.25, -0.2) is 13.4 Å². The van der Waals surface area contributed by atoms with Crippen molar-refractivity contribution in [1.82, 2.24) is 15.2 Å². The Kier molecular flexibility index (Phi) is 21.1. The van der Waals surface area contributed by atoms with E-state index in [0.717, 1.165) is 38.8 Å². The monoisotopic (exact) mass is 1120 g/mol. The highest BCUT2D eigenvalue weighted by atomic mass is 32.2. The van der Waals surface area contributed by atoms with Gasteiger partial charge in [0.2, 0.25) is 12.7 Å². The number of fused-ring (bicyclic) bond motifs is 7. The molecule has 1 aliphatic heterocycles. The van der Waals surface area contributed by atoms with Crippen molar-refractivity contribution in [2.24, 2.45) is 56.7 Å². The molecule has 1 N–H and O–H groups in total. The first kappa shape index (κ1) is 62.5. The topological polar surface area (TPSA) is 148 Å². The molecular formula is C68H106N4O7S. The number of hydrogen-bond acceptors (Lipinski definition) is 11. The number of sulfone groups is 1. The number of nitriles is 1. The number of nitrogens with zero attached hydrogens (tertiary/aromatic N) is 3. The molecular weight excluding hydrogens is 1020 g/mol. The molecule has 7 aliphatic rings. The number of carbonyl (C=O) groups is 2. The van der Waals surface area contributed by atoms with Crippen LogP contribution in [0.25, 0.3) is 0 Å². The van der Waals surface area contributed by atoms with E-state index in [0.29, 0.717) is 73.9 Å². The Hall–Kier alpha value is -3.53. The Morgan fingerprint density at radius 3 is 2.11 bits per heavy atom. The zero-order chi connectivity index (χ0) is 57.2. The van der Waals surface area contributed by atoms with Gasteiger partial charge in [0.15, 0.2) is 9.84 Å². The maximum absolute atomic E-state index is 14.3. The number of hydrogen-bond donors (Lipinski definition) is 1. The number of esters is 2. The third-order valence-corrected chi connectivity index (χ3v) is 24.8. The second-order valence-corrected chi connectivity index (χ2v) is 30.3. The highest BCUT2D eigenvalue weighted by Gasteiger charge is 2.70. The van der Waals surface area contributed by atoms with Crippen molar-refractivity contribution in [3.63, 3.8) is 0 Å². The summed E-state index contributed by atoms with van der Waals surface area (Å²) in [4.78, 5) is 33.8. The lowest BCUT2D eigenvalue weighted by molar-refractivity contribution is -0.221. The van der Waals surface area contributed by atoms with Crippen LogP contribution in [0.2, 0.25) is 0 Å². The summed E-state index contributed by atoms with van der Waals surface area (Å²) in [5, 5.41) is 14.1. The molecule has 8 rings (SSSR count). The lowest BCUT2D eigenvalue weighted by atomic mass is 9.33. The van der Waals surface area contributed by atoms with Crippen LogP contribution >= 0.6 is 0 Å². The summed E-state index contributed by atoms with van der Waals surface area (Å²) in [6.07, 6.45) is 38.1. The van der Waals surface area contributed by atoms with Crippen LogP contribution in [0, 0.1) is 68.0 Å². The number of allylic oxidation sites excluding steroid dienone is 5. The largest absolute Gasteiger partial charge is 0.475 e. The predicted molar refractivity (Wildman–Crippen MR) is 321 cm³/mol. The first-order chi connectivity index (χ1) is 38.3. The van der Waals surface area contributed by atoms with Gasteiger partial charge >= 0.3 is 11.9 Å². The van der Waals surface area contributed by atoms with Crippen molar-refractivity contribution in [2.75, 3.05) is 51.1 Å². The minimum Gasteiger partial charge on any atom is -0.475 e. The molecule has 80 heavy (non-hydrogen) atoms. The summed E-state index contributed by atoms with van der Waals surface area (Å²) < 4.78 is 41.9. The fourth-order valence-electron chi connectivity index (χ4n) is 18.4. The number of nitrogens with one attached hydrogen (secondary N) is 1. The van der Waals surface area contributed by atoms with E-state index in [1.54, 1.807) is 18.3 Å². The van der Waals surface area contributed by atoms with Crippen LogP contribution in [0.4, 0.5) is 0 Å². The molecule has 0 unspecified atom stereocenters. The van der Waals surface area contributed by atoms with Crippen molar-refractivity contribution >= 4 is 21.8 Å². The van der Waals surface area contributed by atoms with Crippen LogP contribution in [0.15, 0.2) is 53.8 Å². The first-order valence-electron chi connectivity index (χ1n) is 32.3. The quantitative estimate of drug-likeness (QED) is 0.0370. The van der Waals surface area contributed by atoms with Gasteiger partial charge in [-0.05, 0) is 165 Å². The van der Waals surface area contributed by atoms with E-state index in [1.165, 1.54) is 145 Å². The maximum atomic E-state index is 14.3. The Bertz CT molecular complexity index is 2500. The summed E-state index contributed by atoms with van der Waals surface area (Å²) in [5.41, 5.74) is 3.94. The minimum atomic E-state index is -2.90. The minimum absolute atomic E-state index is 0.00441. The Labute approximate surface area is 485 Å². The van der Waals surface area contributed by atoms with Gasteiger partial charge < -0.3 is 24.4 Å². The molecule has 5 fully saturated rings. The molecule has 0 radical (unpaired) electrons. The molecule has 2 heterocycles. The number of ether oxygens (including phenoxy) is 3. The molecule has 0 spiro atoms. The van der Waals surface area contributed by atoms with Gasteiger partial charge in [0, 0.05) is 44.3 Å². The van der Waals surface area contributed by atoms with Gasteiger partial charge in [-0.15, -0.1) is 0 Å². The summed E-state index contributed by atoms with van der Waals surface area (Å²) >= 11 is 0. The van der Waals surface area contributed by atoms with Gasteiger partial charge in [-0.3, -0.25) is 9.59 Å². The molecule has 446 valence electrons. The molecule has 0 aromatic carbocycles. The average molecular weight is 1120 g/mol. The second-order valence-electron chi connectivity index (χ2n) is 28.0. The molecule has 6 aliphatic carbocycles. The SMILES string of the molecule is C=C(C)[C@@H]1CC[C@]2(NCCN3CCS(=O)(=O)CC3)CC[C@]3(C)[C@H](CC[C@@H]4[C@@]5(C)CC=C(C6=CC[C@@](COc7ncccc7C#N)(C(=O)OCOC(=O)CCCCCCCCCCCCCCCCC)CC6)C(C)(C)[C@@H]5CC[C@]43C)[C@@H]12. The molecule has 11 nitrogen and oxygen atoms in total. The highest BCUT2D eigenvalue weighted by molar-refractivity contribution is 7.91. The van der Waals surface area contributed by atoms with Crippen LogP contribution in [-0.2, 0) is 28.9 Å². The van der Waals surface area contributed by atoms with E-state index in [4.69, 9.17) is 14.2 Å². The van der Waals surface area contributed by atoms with Crippen molar-refractivity contribution in [1.29, 1.82) is 5.26 Å². The number of aromatic nitrogens is 1. The van der Waals surface area contributed by atoms with Crippen LogP contribution < -0.4 is 10.1 Å². The Morgan fingerprint density at radius 1 is 0.800 bits per heavy atom. The van der Waals surface area contributed by atoms with Crippen LogP contribution in [-0.4, -0.2) is 86.9 Å². The predicted octanol–water partition coefficient (Wildman–Crippen LogP) is 15.0. The number of unbranched alkanes of at least 4 members (excludes halogenated alkanes) is 14. The standard InChI is InChI=1S/C68H106N4O7S/c1-9-10-11-12-13-14-15-16-17-18-19-20-21-22-23-26-59(73)78-50-79-62(74)67(49-77-61-53(48-69)25-24-41-70-61)36-29-52(30-37-67)55-32-34-64(6)57(63(55,4)5)33-35-66(8)58(64)28-27-56-60-54(51(2)3)31-38-68(60,40-39-65(56,66)7)71-42-43-72-44-46-80(75,76)47-45-72/h24-25,29,32,41,54,56-58,60,71H,2,9-23,26-28,30-31,33-40,42-47,49-50H2,1,3-8H3/t54-,56+,57-,58+,60+,64-,65+,66+,67+,68-/m0/s1. The molecule has 0 amide bonds. The van der Waals surface area contributed by atoms with E-state index in [2.05, 4.69) is 88.5 Å². The van der Waals surface area contributed by atoms with Crippen LogP contribution in [0.1, 0.15) is 234 Å². The van der Waals surface area contributed by atoms with E-state index >= 15 is 0 Å². The third-order valence-electron chi connectivity index (χ3n) is 23.1. The number of pyridine rings is 1. The van der Waals surface area contributed by atoms with E-state index in [9.17, 15) is 23.3 Å². The molecule has 10 atom stereocenters. The van der Waals surface area contributed by atoms with E-state index in [1.807, 2.05) is 0 Å². The van der Waals surface area contributed by atoms with Gasteiger partial charge in [-0.2, -0.15) is 5.26 Å². The molecule has 0 bridgehead atoms. The smallest absolute Gasteiger partial charge is 0.318 e.